The Morgan fingerprint density at radius 1 is 1.50 bits per heavy atom. The number of ether oxygens (including phenoxy) is 1. The van der Waals surface area contributed by atoms with Gasteiger partial charge >= 0.3 is 10.9 Å². The smallest absolute Gasteiger partial charge is 0.396 e. The van der Waals surface area contributed by atoms with Crippen LogP contribution in [0.15, 0.2) is 39.6 Å². The van der Waals surface area contributed by atoms with Gasteiger partial charge in [0.05, 0.1) is 0 Å². The number of hydrogen-bond donors (Lipinski definition) is 0. The van der Waals surface area contributed by atoms with Gasteiger partial charge in [-0.25, -0.2) is 9.59 Å². The summed E-state index contributed by atoms with van der Waals surface area (Å²) in [6, 6.07) is 4.90. The molecule has 0 fully saturated rings. The third kappa shape index (κ3) is 1.90. The number of rotatable bonds is 2. The molecule has 82 valence electrons. The van der Waals surface area contributed by atoms with Crippen molar-refractivity contribution in [3.8, 4) is 5.75 Å². The molecule has 0 aliphatic heterocycles. The highest BCUT2D eigenvalue weighted by Crippen LogP contribution is 2.28. The molecule has 0 spiro atoms. The van der Waals surface area contributed by atoms with Crippen molar-refractivity contribution in [3.05, 3.63) is 40.1 Å². The number of benzene rings is 1. The van der Waals surface area contributed by atoms with Crippen LogP contribution in [0, 0.1) is 0 Å². The van der Waals surface area contributed by atoms with Gasteiger partial charge in [-0.2, -0.15) is 0 Å². The lowest BCUT2D eigenvalue weighted by molar-refractivity contribution is -0.129. The highest BCUT2D eigenvalue weighted by atomic mass is 32.1. The zero-order valence-corrected chi connectivity index (χ0v) is 9.30. The SMILES string of the molecule is C=C(C)C(=O)Oc1cccc2oc(=O)sc12. The molecular weight excluding hydrogens is 228 g/mol. The van der Waals surface area contributed by atoms with E-state index in [-0.39, 0.29) is 0 Å². The number of fused-ring (bicyclic) bond motifs is 1. The van der Waals surface area contributed by atoms with E-state index < -0.39 is 10.9 Å². The van der Waals surface area contributed by atoms with E-state index in [9.17, 15) is 9.59 Å². The summed E-state index contributed by atoms with van der Waals surface area (Å²) < 4.78 is 10.5. The average molecular weight is 236 g/mol. The van der Waals surface area contributed by atoms with Crippen LogP contribution >= 0.6 is 11.3 Å². The Bertz CT molecular complexity index is 620. The lowest BCUT2D eigenvalue weighted by Gasteiger charge is -2.03. The van der Waals surface area contributed by atoms with Crippen molar-refractivity contribution in [2.24, 2.45) is 0 Å². The Morgan fingerprint density at radius 3 is 2.94 bits per heavy atom. The average Bonchev–Trinajstić information content (AvgIpc) is 2.59. The topological polar surface area (TPSA) is 56.5 Å². The van der Waals surface area contributed by atoms with Crippen LogP contribution in [0.2, 0.25) is 0 Å². The summed E-state index contributed by atoms with van der Waals surface area (Å²) >= 11 is 0.903. The van der Waals surface area contributed by atoms with Gasteiger partial charge in [-0.15, -0.1) is 0 Å². The van der Waals surface area contributed by atoms with Gasteiger partial charge in [0.15, 0.2) is 11.3 Å². The predicted molar refractivity (Wildman–Crippen MR) is 60.8 cm³/mol. The molecule has 0 saturated carbocycles. The number of carbonyl (C=O) groups is 1. The molecule has 0 atom stereocenters. The molecule has 2 aromatic rings. The maximum absolute atomic E-state index is 11.3. The molecule has 0 amide bonds. The minimum atomic E-state index is -0.520. The van der Waals surface area contributed by atoms with Crippen LogP contribution in [0.3, 0.4) is 0 Å². The van der Waals surface area contributed by atoms with E-state index in [0.29, 0.717) is 21.6 Å². The van der Waals surface area contributed by atoms with Crippen LogP contribution in [-0.4, -0.2) is 5.97 Å². The summed E-state index contributed by atoms with van der Waals surface area (Å²) in [5.41, 5.74) is 0.717. The summed E-state index contributed by atoms with van der Waals surface area (Å²) in [6.45, 7) is 5.04. The van der Waals surface area contributed by atoms with E-state index in [1.54, 1.807) is 25.1 Å². The maximum atomic E-state index is 11.3. The first kappa shape index (κ1) is 10.6. The fourth-order valence-corrected chi connectivity index (χ4v) is 1.86. The van der Waals surface area contributed by atoms with E-state index in [0.717, 1.165) is 11.3 Å². The molecule has 0 unspecified atom stereocenters. The van der Waals surface area contributed by atoms with Crippen molar-refractivity contribution in [3.63, 3.8) is 0 Å². The first-order valence-corrected chi connectivity index (χ1v) is 5.30. The van der Waals surface area contributed by atoms with Crippen molar-refractivity contribution in [1.29, 1.82) is 0 Å². The normalized spacial score (nSPS) is 10.3. The van der Waals surface area contributed by atoms with E-state index in [1.807, 2.05) is 0 Å². The summed E-state index contributed by atoms with van der Waals surface area (Å²) in [4.78, 5) is 22.0. The fraction of sp³-hybridized carbons (Fsp3) is 0.0909. The van der Waals surface area contributed by atoms with Gasteiger partial charge < -0.3 is 9.15 Å². The lowest BCUT2D eigenvalue weighted by Crippen LogP contribution is -2.07. The summed E-state index contributed by atoms with van der Waals surface area (Å²) in [5, 5.41) is 0. The first-order chi connectivity index (χ1) is 7.58. The number of hydrogen-bond acceptors (Lipinski definition) is 5. The molecule has 0 saturated heterocycles. The molecule has 4 nitrogen and oxygen atoms in total. The second kappa shape index (κ2) is 3.94. The van der Waals surface area contributed by atoms with E-state index in [4.69, 9.17) is 9.15 Å². The second-order valence-corrected chi connectivity index (χ2v) is 4.15. The van der Waals surface area contributed by atoms with Crippen LogP contribution in [0.5, 0.6) is 5.75 Å². The maximum Gasteiger partial charge on any atom is 0.396 e. The molecular formula is C11H8O4S. The molecule has 2 rings (SSSR count). The van der Waals surface area contributed by atoms with Crippen LogP contribution in [0.1, 0.15) is 6.92 Å². The van der Waals surface area contributed by atoms with Gasteiger partial charge in [0.25, 0.3) is 0 Å². The van der Waals surface area contributed by atoms with Gasteiger partial charge in [0.2, 0.25) is 0 Å². The Hall–Kier alpha value is -1.88. The highest BCUT2D eigenvalue weighted by molar-refractivity contribution is 7.16. The molecule has 1 heterocycles. The van der Waals surface area contributed by atoms with Crippen molar-refractivity contribution in [2.75, 3.05) is 0 Å². The molecule has 0 bridgehead atoms. The number of carbonyl (C=O) groups excluding carboxylic acids is 1. The van der Waals surface area contributed by atoms with Crippen molar-refractivity contribution >= 4 is 27.6 Å². The minimum absolute atomic E-state index is 0.299. The van der Waals surface area contributed by atoms with Gasteiger partial charge in [-0.3, -0.25) is 0 Å². The monoisotopic (exact) mass is 236 g/mol. The molecule has 0 radical (unpaired) electrons. The minimum Gasteiger partial charge on any atom is -0.422 e. The fourth-order valence-electron chi connectivity index (χ4n) is 1.14. The molecule has 1 aromatic heterocycles. The van der Waals surface area contributed by atoms with Gasteiger partial charge in [-0.1, -0.05) is 12.6 Å². The van der Waals surface area contributed by atoms with E-state index >= 15 is 0 Å². The molecule has 0 aliphatic carbocycles. The van der Waals surface area contributed by atoms with E-state index in [2.05, 4.69) is 6.58 Å². The van der Waals surface area contributed by atoms with Gasteiger partial charge in [-0.05, 0) is 30.4 Å². The van der Waals surface area contributed by atoms with Crippen molar-refractivity contribution in [1.82, 2.24) is 0 Å². The van der Waals surface area contributed by atoms with Crippen LogP contribution < -0.4 is 9.68 Å². The van der Waals surface area contributed by atoms with E-state index in [1.165, 1.54) is 0 Å². The Balaban J connectivity index is 2.48. The third-order valence-electron chi connectivity index (χ3n) is 1.87. The Morgan fingerprint density at radius 2 is 2.25 bits per heavy atom. The third-order valence-corrected chi connectivity index (χ3v) is 2.73. The largest absolute Gasteiger partial charge is 0.422 e. The van der Waals surface area contributed by atoms with Crippen LogP contribution in [-0.2, 0) is 4.79 Å². The highest BCUT2D eigenvalue weighted by Gasteiger charge is 2.12. The standard InChI is InChI=1S/C11H8O4S/c1-6(2)10(12)14-7-4-3-5-8-9(7)16-11(13)15-8/h3-5H,1H2,2H3. The predicted octanol–water partition coefficient (Wildman–Crippen LogP) is 2.34. The zero-order chi connectivity index (χ0) is 11.7. The summed E-state index contributed by atoms with van der Waals surface area (Å²) in [6.07, 6.45) is 0. The van der Waals surface area contributed by atoms with Crippen LogP contribution in [0.25, 0.3) is 10.3 Å². The quantitative estimate of drug-likeness (QED) is 0.456. The number of esters is 1. The van der Waals surface area contributed by atoms with Crippen molar-refractivity contribution in [2.45, 2.75) is 6.92 Å². The lowest BCUT2D eigenvalue weighted by atomic mass is 10.3. The first-order valence-electron chi connectivity index (χ1n) is 4.48. The Kier molecular flexibility index (Phi) is 2.62. The van der Waals surface area contributed by atoms with Gasteiger partial charge in [0.1, 0.15) is 4.70 Å². The summed E-state index contributed by atoms with van der Waals surface area (Å²) in [5.74, 6) is -0.199. The molecule has 16 heavy (non-hydrogen) atoms. The summed E-state index contributed by atoms with van der Waals surface area (Å²) in [7, 11) is 0. The second-order valence-electron chi connectivity index (χ2n) is 3.21. The van der Waals surface area contributed by atoms with Gasteiger partial charge in [0, 0.05) is 5.57 Å². The molecule has 0 N–H and O–H groups in total. The molecule has 0 aliphatic rings. The van der Waals surface area contributed by atoms with Crippen LogP contribution in [0.4, 0.5) is 0 Å². The molecule has 5 heteroatoms. The zero-order valence-electron chi connectivity index (χ0n) is 8.48. The Labute approximate surface area is 94.8 Å². The van der Waals surface area contributed by atoms with Crippen molar-refractivity contribution < 1.29 is 13.9 Å². The molecule has 1 aromatic carbocycles.